The fraction of sp³-hybridized carbons (Fsp3) is 0.588. The molecular formula is C17H24N4O. The summed E-state index contributed by atoms with van der Waals surface area (Å²) in [6.45, 7) is 7.26. The molecule has 5 nitrogen and oxygen atoms in total. The van der Waals surface area contributed by atoms with Crippen LogP contribution in [0.3, 0.4) is 0 Å². The topological polar surface area (TPSA) is 58.1 Å². The molecule has 2 atom stereocenters. The van der Waals surface area contributed by atoms with E-state index in [0.717, 1.165) is 25.6 Å². The Morgan fingerprint density at radius 2 is 2.23 bits per heavy atom. The van der Waals surface area contributed by atoms with Crippen molar-refractivity contribution in [2.45, 2.75) is 32.7 Å². The van der Waals surface area contributed by atoms with E-state index in [-0.39, 0.29) is 11.9 Å². The highest BCUT2D eigenvalue weighted by Crippen LogP contribution is 2.41. The number of amides is 1. The predicted molar refractivity (Wildman–Crippen MR) is 85.4 cm³/mol. The van der Waals surface area contributed by atoms with Crippen molar-refractivity contribution in [3.63, 3.8) is 0 Å². The van der Waals surface area contributed by atoms with Crippen LogP contribution in [0.5, 0.6) is 0 Å². The van der Waals surface area contributed by atoms with E-state index in [1.54, 1.807) is 12.4 Å². The predicted octanol–water partition coefficient (Wildman–Crippen LogP) is 1.88. The number of aromatic nitrogens is 2. The van der Waals surface area contributed by atoms with Gasteiger partial charge in [0.15, 0.2) is 0 Å². The van der Waals surface area contributed by atoms with Crippen LogP contribution in [0.25, 0.3) is 0 Å². The fourth-order valence-electron chi connectivity index (χ4n) is 3.30. The fourth-order valence-corrected chi connectivity index (χ4v) is 3.30. The van der Waals surface area contributed by atoms with Gasteiger partial charge in [0.05, 0.1) is 6.20 Å². The second kappa shape index (κ2) is 6.57. The number of nitrogens with one attached hydrogen (secondary N) is 1. The summed E-state index contributed by atoms with van der Waals surface area (Å²) in [6.07, 6.45) is 9.44. The number of hydrogen-bond donors (Lipinski definition) is 1. The van der Waals surface area contributed by atoms with Gasteiger partial charge in [-0.2, -0.15) is 0 Å². The van der Waals surface area contributed by atoms with Gasteiger partial charge in [-0.05, 0) is 38.5 Å². The molecular weight excluding hydrogens is 276 g/mol. The zero-order valence-corrected chi connectivity index (χ0v) is 13.3. The highest BCUT2D eigenvalue weighted by atomic mass is 16.2. The third-order valence-corrected chi connectivity index (χ3v) is 4.75. The molecule has 1 saturated heterocycles. The largest absolute Gasteiger partial charge is 0.346 e. The molecule has 1 aliphatic carbocycles. The molecule has 0 aromatic carbocycles. The Morgan fingerprint density at radius 1 is 1.41 bits per heavy atom. The number of rotatable bonds is 5. The van der Waals surface area contributed by atoms with Crippen molar-refractivity contribution in [2.24, 2.45) is 11.8 Å². The molecule has 0 radical (unpaired) electrons. The van der Waals surface area contributed by atoms with Crippen LogP contribution >= 0.6 is 0 Å². The lowest BCUT2D eigenvalue weighted by Crippen LogP contribution is -2.41. The summed E-state index contributed by atoms with van der Waals surface area (Å²) < 4.78 is 0. The summed E-state index contributed by atoms with van der Waals surface area (Å²) >= 11 is 0. The lowest BCUT2D eigenvalue weighted by atomic mass is 9.98. The quantitative estimate of drug-likeness (QED) is 0.844. The van der Waals surface area contributed by atoms with Crippen LogP contribution in [0.1, 0.15) is 37.2 Å². The van der Waals surface area contributed by atoms with Crippen LogP contribution in [0, 0.1) is 11.8 Å². The first-order valence-corrected chi connectivity index (χ1v) is 8.08. The molecule has 2 aliphatic rings. The van der Waals surface area contributed by atoms with Crippen molar-refractivity contribution < 1.29 is 4.79 Å². The number of hydrogen-bond acceptors (Lipinski definition) is 4. The van der Waals surface area contributed by atoms with Gasteiger partial charge in [-0.25, -0.2) is 4.98 Å². The second-order valence-electron chi connectivity index (χ2n) is 6.50. The minimum Gasteiger partial charge on any atom is -0.346 e. The molecule has 1 aromatic heterocycles. The lowest BCUT2D eigenvalue weighted by molar-refractivity contribution is 0.0922. The lowest BCUT2D eigenvalue weighted by Gasteiger charge is -2.19. The van der Waals surface area contributed by atoms with E-state index in [0.29, 0.717) is 11.6 Å². The third kappa shape index (κ3) is 3.53. The number of carbonyl (C=O) groups excluding carboxylic acids is 1. The van der Waals surface area contributed by atoms with Crippen LogP contribution in [0.4, 0.5) is 0 Å². The van der Waals surface area contributed by atoms with Crippen LogP contribution in [0.15, 0.2) is 30.2 Å². The minimum absolute atomic E-state index is 0.103. The monoisotopic (exact) mass is 300 g/mol. The van der Waals surface area contributed by atoms with E-state index in [4.69, 9.17) is 0 Å². The van der Waals surface area contributed by atoms with Gasteiger partial charge in [0.25, 0.3) is 5.91 Å². The third-order valence-electron chi connectivity index (χ3n) is 4.75. The zero-order valence-electron chi connectivity index (χ0n) is 13.3. The Kier molecular flexibility index (Phi) is 4.52. The molecule has 1 N–H and O–H groups in total. The van der Waals surface area contributed by atoms with E-state index in [1.807, 2.05) is 0 Å². The molecule has 1 amide bonds. The maximum Gasteiger partial charge on any atom is 0.271 e. The molecule has 1 aromatic rings. The molecule has 3 rings (SSSR count). The highest BCUT2D eigenvalue weighted by molar-refractivity contribution is 5.92. The summed E-state index contributed by atoms with van der Waals surface area (Å²) in [5.41, 5.74) is 1.79. The molecule has 0 spiro atoms. The van der Waals surface area contributed by atoms with E-state index >= 15 is 0 Å². The molecule has 5 heteroatoms. The molecule has 0 bridgehead atoms. The molecule has 0 unspecified atom stereocenters. The van der Waals surface area contributed by atoms with Crippen molar-refractivity contribution in [1.29, 1.82) is 0 Å². The van der Waals surface area contributed by atoms with Gasteiger partial charge in [-0.3, -0.25) is 14.7 Å². The summed E-state index contributed by atoms with van der Waals surface area (Å²) in [5.74, 6) is 1.25. The standard InChI is InChI=1S/C17H24N4O/c1-3-12(2)9-21-10-14(13-4-5-13)16(11-21)20-17(22)15-8-18-6-7-19-15/h3,6-8,13-14,16H,4-5,9-11H2,1-2H3,(H,20,22)/b12-3+/t14-,16+/m1/s1. The van der Waals surface area contributed by atoms with Gasteiger partial charge in [0, 0.05) is 38.1 Å². The van der Waals surface area contributed by atoms with Gasteiger partial charge < -0.3 is 5.32 Å². The van der Waals surface area contributed by atoms with Gasteiger partial charge >= 0.3 is 0 Å². The molecule has 2 heterocycles. The van der Waals surface area contributed by atoms with Gasteiger partial charge in [-0.15, -0.1) is 0 Å². The maximum atomic E-state index is 12.3. The summed E-state index contributed by atoms with van der Waals surface area (Å²) in [7, 11) is 0. The first-order chi connectivity index (χ1) is 10.7. The van der Waals surface area contributed by atoms with Crippen LogP contribution in [-0.4, -0.2) is 46.5 Å². The van der Waals surface area contributed by atoms with E-state index in [2.05, 4.69) is 40.1 Å². The number of allylic oxidation sites excluding steroid dienone is 1. The smallest absolute Gasteiger partial charge is 0.271 e. The molecule has 2 fully saturated rings. The number of carbonyl (C=O) groups is 1. The second-order valence-corrected chi connectivity index (χ2v) is 6.50. The maximum absolute atomic E-state index is 12.3. The Morgan fingerprint density at radius 3 is 2.86 bits per heavy atom. The molecule has 1 aliphatic heterocycles. The van der Waals surface area contributed by atoms with Gasteiger partial charge in [0.1, 0.15) is 5.69 Å². The minimum atomic E-state index is -0.103. The van der Waals surface area contributed by atoms with Crippen molar-refractivity contribution in [3.8, 4) is 0 Å². The van der Waals surface area contributed by atoms with Crippen LogP contribution in [-0.2, 0) is 0 Å². The number of nitrogens with zero attached hydrogens (tertiary/aromatic N) is 3. The van der Waals surface area contributed by atoms with Gasteiger partial charge in [-0.1, -0.05) is 11.6 Å². The number of likely N-dealkylation sites (tertiary alicyclic amines) is 1. The Balaban J connectivity index is 1.64. The van der Waals surface area contributed by atoms with E-state index in [1.165, 1.54) is 24.6 Å². The zero-order chi connectivity index (χ0) is 15.5. The summed E-state index contributed by atoms with van der Waals surface area (Å²) in [4.78, 5) is 22.8. The van der Waals surface area contributed by atoms with Crippen molar-refractivity contribution in [1.82, 2.24) is 20.2 Å². The van der Waals surface area contributed by atoms with E-state index < -0.39 is 0 Å². The van der Waals surface area contributed by atoms with Crippen molar-refractivity contribution in [2.75, 3.05) is 19.6 Å². The Bertz CT molecular complexity index is 553. The Labute approximate surface area is 131 Å². The van der Waals surface area contributed by atoms with Crippen molar-refractivity contribution >= 4 is 5.91 Å². The molecule has 1 saturated carbocycles. The average molecular weight is 300 g/mol. The van der Waals surface area contributed by atoms with Crippen LogP contribution < -0.4 is 5.32 Å². The summed E-state index contributed by atoms with van der Waals surface area (Å²) in [6, 6.07) is 0.228. The molecule has 22 heavy (non-hydrogen) atoms. The normalized spacial score (nSPS) is 26.2. The first kappa shape index (κ1) is 15.2. The van der Waals surface area contributed by atoms with Gasteiger partial charge in [0.2, 0.25) is 0 Å². The average Bonchev–Trinajstić information content (AvgIpc) is 3.31. The molecule has 118 valence electrons. The van der Waals surface area contributed by atoms with Crippen molar-refractivity contribution in [3.05, 3.63) is 35.9 Å². The SMILES string of the molecule is C/C=C(\C)CN1C[C@H](NC(=O)c2cnccn2)[C@@H](C2CC2)C1. The van der Waals surface area contributed by atoms with Crippen LogP contribution in [0.2, 0.25) is 0 Å². The summed E-state index contributed by atoms with van der Waals surface area (Å²) in [5, 5.41) is 3.19. The first-order valence-electron chi connectivity index (χ1n) is 8.08. The Hall–Kier alpha value is -1.75. The highest BCUT2D eigenvalue weighted by Gasteiger charge is 2.43. The van der Waals surface area contributed by atoms with E-state index in [9.17, 15) is 4.79 Å².